The monoisotopic (exact) mass is 545 g/mol. The van der Waals surface area contributed by atoms with Crippen molar-refractivity contribution in [1.82, 2.24) is 19.5 Å². The molecule has 15 nitrogen and oxygen atoms in total. The standard InChI is InChI=1S/C24H27N5O10/c1-12-27-18(25-9-15(30)31)16-19(28-12)29(11-26-16)20-17(32)23(2,37)14(39-20)10-38-24(21(33)34,22(35)36)8-13-6-4-3-5-7-13/h3-7,11,14,17,20,32,37H,8-10H2,1-2H3,(H,30,31)(H,33,34)(H,35,36)(H,25,27,28)/t14-,17+,20-,23-/m1/s1. The van der Waals surface area contributed by atoms with E-state index in [0.717, 1.165) is 0 Å². The predicted molar refractivity (Wildman–Crippen MR) is 131 cm³/mol. The molecule has 208 valence electrons. The van der Waals surface area contributed by atoms with Crippen molar-refractivity contribution in [3.8, 4) is 0 Å². The quantitative estimate of drug-likeness (QED) is 0.172. The lowest BCUT2D eigenvalue weighted by Crippen LogP contribution is -2.54. The maximum Gasteiger partial charge on any atom is 0.348 e. The van der Waals surface area contributed by atoms with Crippen LogP contribution in [0.25, 0.3) is 11.2 Å². The fourth-order valence-electron chi connectivity index (χ4n) is 4.30. The second-order valence-corrected chi connectivity index (χ2v) is 9.29. The van der Waals surface area contributed by atoms with E-state index in [9.17, 15) is 34.8 Å². The molecule has 1 saturated heterocycles. The van der Waals surface area contributed by atoms with E-state index in [2.05, 4.69) is 20.3 Å². The van der Waals surface area contributed by atoms with E-state index >= 15 is 0 Å². The number of aliphatic carboxylic acids is 3. The molecule has 1 aliphatic heterocycles. The fraction of sp³-hybridized carbons (Fsp3) is 0.417. The normalized spacial score (nSPS) is 23.1. The van der Waals surface area contributed by atoms with Crippen LogP contribution in [-0.4, -0.2) is 99.5 Å². The van der Waals surface area contributed by atoms with Crippen LogP contribution in [0.1, 0.15) is 24.5 Å². The highest BCUT2D eigenvalue weighted by molar-refractivity contribution is 6.02. The molecule has 3 aromatic rings. The third-order valence-electron chi connectivity index (χ3n) is 6.51. The zero-order valence-corrected chi connectivity index (χ0v) is 20.9. The zero-order valence-electron chi connectivity index (χ0n) is 20.9. The molecule has 6 N–H and O–H groups in total. The Morgan fingerprint density at radius 1 is 1.15 bits per heavy atom. The number of carboxylic acid groups (broad SMARTS) is 3. The largest absolute Gasteiger partial charge is 0.480 e. The van der Waals surface area contributed by atoms with Crippen LogP contribution in [0.2, 0.25) is 0 Å². The minimum atomic E-state index is -2.69. The number of nitrogens with one attached hydrogen (secondary N) is 1. The van der Waals surface area contributed by atoms with E-state index in [-0.39, 0.29) is 22.8 Å². The van der Waals surface area contributed by atoms with Crippen molar-refractivity contribution in [2.24, 2.45) is 0 Å². The van der Waals surface area contributed by atoms with Crippen LogP contribution in [-0.2, 0) is 30.3 Å². The molecule has 0 spiro atoms. The van der Waals surface area contributed by atoms with E-state index in [1.54, 1.807) is 37.3 Å². The highest BCUT2D eigenvalue weighted by Gasteiger charge is 2.56. The van der Waals surface area contributed by atoms with Crippen LogP contribution in [0.3, 0.4) is 0 Å². The lowest BCUT2D eigenvalue weighted by atomic mass is 9.92. The van der Waals surface area contributed by atoms with Gasteiger partial charge in [0.25, 0.3) is 5.60 Å². The highest BCUT2D eigenvalue weighted by Crippen LogP contribution is 2.39. The molecular weight excluding hydrogens is 518 g/mol. The summed E-state index contributed by atoms with van der Waals surface area (Å²) < 4.78 is 12.6. The molecule has 0 radical (unpaired) electrons. The number of aryl methyl sites for hydroxylation is 1. The Kier molecular flexibility index (Phi) is 7.52. The summed E-state index contributed by atoms with van der Waals surface area (Å²) in [6.45, 7) is 1.67. The molecule has 3 heterocycles. The Balaban J connectivity index is 1.61. The van der Waals surface area contributed by atoms with E-state index in [0.29, 0.717) is 5.56 Å². The summed E-state index contributed by atoms with van der Waals surface area (Å²) in [5.74, 6) is -4.24. The lowest BCUT2D eigenvalue weighted by Gasteiger charge is -2.30. The number of carbonyl (C=O) groups is 3. The topological polar surface area (TPSA) is 226 Å². The number of aliphatic hydroxyl groups excluding tert-OH is 1. The van der Waals surface area contributed by atoms with E-state index < -0.39 is 67.1 Å². The van der Waals surface area contributed by atoms with Gasteiger partial charge in [-0.05, 0) is 19.4 Å². The van der Waals surface area contributed by atoms with Crippen molar-refractivity contribution in [3.05, 3.63) is 48.0 Å². The Morgan fingerprint density at radius 3 is 2.44 bits per heavy atom. The SMILES string of the molecule is Cc1nc(NCC(=O)O)c2ncn([C@@H]3O[C@H](COC(Cc4ccccc4)(C(=O)O)C(=O)O)[C@@](C)(O)[C@H]3O)c2n1. The molecule has 4 atom stereocenters. The van der Waals surface area contributed by atoms with Gasteiger partial charge in [0.2, 0.25) is 0 Å². The van der Waals surface area contributed by atoms with Gasteiger partial charge in [-0.15, -0.1) is 0 Å². The first-order chi connectivity index (χ1) is 18.4. The first-order valence-electron chi connectivity index (χ1n) is 11.7. The molecule has 0 bridgehead atoms. The van der Waals surface area contributed by atoms with Gasteiger partial charge in [-0.3, -0.25) is 9.36 Å². The van der Waals surface area contributed by atoms with Gasteiger partial charge in [0.15, 0.2) is 23.2 Å². The van der Waals surface area contributed by atoms with Crippen molar-refractivity contribution in [3.63, 3.8) is 0 Å². The van der Waals surface area contributed by atoms with Crippen LogP contribution in [0.15, 0.2) is 36.7 Å². The molecule has 0 amide bonds. The van der Waals surface area contributed by atoms with E-state index in [1.807, 2.05) is 0 Å². The van der Waals surface area contributed by atoms with Crippen LogP contribution in [0.4, 0.5) is 5.82 Å². The molecule has 39 heavy (non-hydrogen) atoms. The van der Waals surface area contributed by atoms with Gasteiger partial charge >= 0.3 is 17.9 Å². The maximum atomic E-state index is 12.1. The van der Waals surface area contributed by atoms with Crippen LogP contribution in [0, 0.1) is 6.92 Å². The van der Waals surface area contributed by atoms with Gasteiger partial charge in [0.1, 0.15) is 30.2 Å². The van der Waals surface area contributed by atoms with Crippen LogP contribution >= 0.6 is 0 Å². The van der Waals surface area contributed by atoms with Gasteiger partial charge < -0.3 is 40.3 Å². The van der Waals surface area contributed by atoms with Gasteiger partial charge in [-0.2, -0.15) is 0 Å². The fourth-order valence-corrected chi connectivity index (χ4v) is 4.30. The lowest BCUT2D eigenvalue weighted by molar-refractivity contribution is -0.192. The first-order valence-corrected chi connectivity index (χ1v) is 11.7. The van der Waals surface area contributed by atoms with Gasteiger partial charge in [-0.1, -0.05) is 30.3 Å². The van der Waals surface area contributed by atoms with Crippen molar-refractivity contribution in [2.75, 3.05) is 18.5 Å². The minimum Gasteiger partial charge on any atom is -0.480 e. The maximum absolute atomic E-state index is 12.1. The Labute approximate surface area is 220 Å². The number of benzene rings is 1. The number of imidazole rings is 1. The molecule has 15 heteroatoms. The predicted octanol–water partition coefficient (Wildman–Crippen LogP) is -0.192. The van der Waals surface area contributed by atoms with Crippen molar-refractivity contribution in [2.45, 2.75) is 49.9 Å². The molecule has 1 fully saturated rings. The molecule has 0 unspecified atom stereocenters. The van der Waals surface area contributed by atoms with E-state index in [4.69, 9.17) is 14.6 Å². The molecular formula is C24H27N5O10. The molecule has 1 aromatic carbocycles. The number of anilines is 1. The first kappa shape index (κ1) is 27.8. The van der Waals surface area contributed by atoms with Crippen LogP contribution in [0.5, 0.6) is 0 Å². The number of rotatable bonds is 11. The molecule has 0 aliphatic carbocycles. The van der Waals surface area contributed by atoms with Crippen molar-refractivity contribution < 1.29 is 49.4 Å². The number of fused-ring (bicyclic) bond motifs is 1. The number of hydrogen-bond donors (Lipinski definition) is 6. The van der Waals surface area contributed by atoms with E-state index in [1.165, 1.54) is 17.8 Å². The summed E-state index contributed by atoms with van der Waals surface area (Å²) in [5, 5.41) is 53.3. The van der Waals surface area contributed by atoms with Gasteiger partial charge in [0, 0.05) is 6.42 Å². The Bertz CT molecular complexity index is 1380. The minimum absolute atomic E-state index is 0.131. The second kappa shape index (κ2) is 10.5. The van der Waals surface area contributed by atoms with Crippen molar-refractivity contribution in [1.29, 1.82) is 0 Å². The molecule has 4 rings (SSSR count). The Hall–Kier alpha value is -4.18. The number of aromatic nitrogens is 4. The number of ether oxygens (including phenoxy) is 2. The number of nitrogens with zero attached hydrogens (tertiary/aromatic N) is 4. The summed E-state index contributed by atoms with van der Waals surface area (Å²) in [5.41, 5.74) is -3.97. The summed E-state index contributed by atoms with van der Waals surface area (Å²) in [4.78, 5) is 47.9. The third-order valence-corrected chi connectivity index (χ3v) is 6.51. The number of hydrogen-bond acceptors (Lipinski definition) is 11. The number of carboxylic acids is 3. The van der Waals surface area contributed by atoms with Gasteiger partial charge in [0.05, 0.1) is 12.9 Å². The zero-order chi connectivity index (χ0) is 28.5. The number of aliphatic hydroxyl groups is 2. The summed E-state index contributed by atoms with van der Waals surface area (Å²) in [6.07, 6.45) is -3.51. The average Bonchev–Trinajstić information content (AvgIpc) is 3.38. The Morgan fingerprint density at radius 2 is 1.82 bits per heavy atom. The van der Waals surface area contributed by atoms with Crippen molar-refractivity contribution >= 4 is 34.9 Å². The molecule has 1 aliphatic rings. The summed E-state index contributed by atoms with van der Waals surface area (Å²) in [6, 6.07) is 8.05. The van der Waals surface area contributed by atoms with Gasteiger partial charge in [-0.25, -0.2) is 24.5 Å². The average molecular weight is 546 g/mol. The molecule has 0 saturated carbocycles. The summed E-state index contributed by atoms with van der Waals surface area (Å²) >= 11 is 0. The second-order valence-electron chi connectivity index (χ2n) is 9.29. The molecule has 2 aromatic heterocycles. The van der Waals surface area contributed by atoms with Crippen LogP contribution < -0.4 is 5.32 Å². The third kappa shape index (κ3) is 5.24. The summed E-state index contributed by atoms with van der Waals surface area (Å²) in [7, 11) is 0. The highest BCUT2D eigenvalue weighted by atomic mass is 16.6. The smallest absolute Gasteiger partial charge is 0.348 e.